The fraction of sp³-hybridized carbons (Fsp3) is 0.438. The van der Waals surface area contributed by atoms with Crippen LogP contribution in [0.25, 0.3) is 0 Å². The molecule has 0 spiro atoms. The van der Waals surface area contributed by atoms with Gasteiger partial charge >= 0.3 is 12.1 Å². The molecule has 0 aliphatic rings. The van der Waals surface area contributed by atoms with Gasteiger partial charge in [0.2, 0.25) is 5.91 Å². The summed E-state index contributed by atoms with van der Waals surface area (Å²) in [5, 5.41) is 14.4. The molecule has 0 radical (unpaired) electrons. The van der Waals surface area contributed by atoms with Crippen molar-refractivity contribution in [1.29, 1.82) is 0 Å². The number of benzene rings is 1. The Hall–Kier alpha value is -2.77. The number of rotatable bonds is 5. The molecule has 1 aromatic carbocycles. The molecular formula is C16H22N2O6. The molecule has 0 saturated heterocycles. The van der Waals surface area contributed by atoms with Crippen LogP contribution in [0.3, 0.4) is 0 Å². The Morgan fingerprint density at radius 1 is 1.21 bits per heavy atom. The molecule has 8 heteroatoms. The standard InChI is InChI=1S/C16H22N2O6/c1-16(2,3)24-15(22)18-11(9-13(20)23-4)14(21)17-10-7-5-6-8-12(10)19/h5-8,11,19H,9H2,1-4H3,(H,17,21)(H,18,22). The minimum Gasteiger partial charge on any atom is -0.506 e. The van der Waals surface area contributed by atoms with Gasteiger partial charge in [-0.2, -0.15) is 0 Å². The summed E-state index contributed by atoms with van der Waals surface area (Å²) in [5.74, 6) is -1.50. The average Bonchev–Trinajstić information content (AvgIpc) is 2.46. The molecule has 0 saturated carbocycles. The van der Waals surface area contributed by atoms with Crippen LogP contribution < -0.4 is 10.6 Å². The fourth-order valence-corrected chi connectivity index (χ4v) is 1.71. The number of carbonyl (C=O) groups excluding carboxylic acids is 3. The number of hydrogen-bond donors (Lipinski definition) is 3. The topological polar surface area (TPSA) is 114 Å². The molecule has 24 heavy (non-hydrogen) atoms. The third kappa shape index (κ3) is 6.55. The monoisotopic (exact) mass is 338 g/mol. The Kier molecular flexibility index (Phi) is 6.58. The smallest absolute Gasteiger partial charge is 0.408 e. The summed E-state index contributed by atoms with van der Waals surface area (Å²) < 4.78 is 9.60. The summed E-state index contributed by atoms with van der Waals surface area (Å²) in [4.78, 5) is 35.6. The molecule has 0 aliphatic carbocycles. The predicted octanol–water partition coefficient (Wildman–Crippen LogP) is 1.79. The number of para-hydroxylation sites is 2. The van der Waals surface area contributed by atoms with E-state index in [1.807, 2.05) is 0 Å². The zero-order chi connectivity index (χ0) is 18.3. The molecule has 0 fully saturated rings. The lowest BCUT2D eigenvalue weighted by atomic mass is 10.1. The highest BCUT2D eigenvalue weighted by molar-refractivity contribution is 5.99. The van der Waals surface area contributed by atoms with Crippen LogP contribution in [0.4, 0.5) is 10.5 Å². The molecule has 1 atom stereocenters. The van der Waals surface area contributed by atoms with Crippen LogP contribution in [-0.4, -0.2) is 41.8 Å². The molecule has 0 aromatic heterocycles. The van der Waals surface area contributed by atoms with Crippen molar-refractivity contribution in [3.05, 3.63) is 24.3 Å². The highest BCUT2D eigenvalue weighted by Crippen LogP contribution is 2.21. The van der Waals surface area contributed by atoms with E-state index in [2.05, 4.69) is 15.4 Å². The first-order chi connectivity index (χ1) is 11.1. The van der Waals surface area contributed by atoms with E-state index in [1.54, 1.807) is 32.9 Å². The first kappa shape index (κ1) is 19.3. The van der Waals surface area contributed by atoms with Crippen molar-refractivity contribution in [3.63, 3.8) is 0 Å². The van der Waals surface area contributed by atoms with E-state index in [0.29, 0.717) is 0 Å². The molecule has 0 aliphatic heterocycles. The number of ether oxygens (including phenoxy) is 2. The zero-order valence-electron chi connectivity index (χ0n) is 14.1. The van der Waals surface area contributed by atoms with Crippen LogP contribution in [0.5, 0.6) is 5.75 Å². The molecule has 1 unspecified atom stereocenters. The van der Waals surface area contributed by atoms with E-state index >= 15 is 0 Å². The highest BCUT2D eigenvalue weighted by Gasteiger charge is 2.27. The SMILES string of the molecule is COC(=O)CC(NC(=O)OC(C)(C)C)C(=O)Nc1ccccc1O. The number of nitrogens with one attached hydrogen (secondary N) is 2. The second-order valence-electron chi connectivity index (χ2n) is 5.99. The molecule has 8 nitrogen and oxygen atoms in total. The minimum atomic E-state index is -1.22. The van der Waals surface area contributed by atoms with Crippen molar-refractivity contribution < 1.29 is 29.0 Å². The Bertz CT molecular complexity index is 609. The van der Waals surface area contributed by atoms with Gasteiger partial charge in [0, 0.05) is 0 Å². The van der Waals surface area contributed by atoms with Crippen molar-refractivity contribution in [1.82, 2.24) is 5.32 Å². The van der Waals surface area contributed by atoms with Gasteiger partial charge in [-0.15, -0.1) is 0 Å². The van der Waals surface area contributed by atoms with Gasteiger partial charge in [-0.3, -0.25) is 9.59 Å². The molecule has 2 amide bonds. The van der Waals surface area contributed by atoms with Crippen LogP contribution in [0, 0.1) is 0 Å². The number of aromatic hydroxyl groups is 1. The van der Waals surface area contributed by atoms with Crippen LogP contribution in [0.1, 0.15) is 27.2 Å². The summed E-state index contributed by atoms with van der Waals surface area (Å²) in [6, 6.07) is 4.87. The van der Waals surface area contributed by atoms with Crippen LogP contribution >= 0.6 is 0 Å². The molecule has 0 bridgehead atoms. The number of carbonyl (C=O) groups is 3. The lowest BCUT2D eigenvalue weighted by Gasteiger charge is -2.23. The van der Waals surface area contributed by atoms with Gasteiger partial charge in [-0.25, -0.2) is 4.79 Å². The van der Waals surface area contributed by atoms with Crippen molar-refractivity contribution in [2.45, 2.75) is 38.8 Å². The number of hydrogen-bond acceptors (Lipinski definition) is 6. The van der Waals surface area contributed by atoms with Gasteiger partial charge in [0.1, 0.15) is 17.4 Å². The third-order valence-electron chi connectivity index (χ3n) is 2.77. The van der Waals surface area contributed by atoms with Gasteiger partial charge in [0.15, 0.2) is 0 Å². The lowest BCUT2D eigenvalue weighted by Crippen LogP contribution is -2.47. The Balaban J connectivity index is 2.84. The molecule has 3 N–H and O–H groups in total. The molecule has 0 heterocycles. The van der Waals surface area contributed by atoms with Gasteiger partial charge in [-0.1, -0.05) is 12.1 Å². The summed E-state index contributed by atoms with van der Waals surface area (Å²) in [6.45, 7) is 5.01. The second kappa shape index (κ2) is 8.19. The average molecular weight is 338 g/mol. The third-order valence-corrected chi connectivity index (χ3v) is 2.77. The Morgan fingerprint density at radius 2 is 1.83 bits per heavy atom. The van der Waals surface area contributed by atoms with E-state index in [9.17, 15) is 19.5 Å². The van der Waals surface area contributed by atoms with Gasteiger partial charge in [0.25, 0.3) is 0 Å². The van der Waals surface area contributed by atoms with Crippen LogP contribution in [-0.2, 0) is 19.1 Å². The number of alkyl carbamates (subject to hydrolysis) is 1. The Labute approximate surface area is 140 Å². The maximum absolute atomic E-state index is 12.3. The maximum atomic E-state index is 12.3. The highest BCUT2D eigenvalue weighted by atomic mass is 16.6. The van der Waals surface area contributed by atoms with Gasteiger partial charge in [-0.05, 0) is 32.9 Å². The van der Waals surface area contributed by atoms with E-state index in [1.165, 1.54) is 19.2 Å². The Morgan fingerprint density at radius 3 is 2.38 bits per heavy atom. The number of amides is 2. The minimum absolute atomic E-state index is 0.139. The van der Waals surface area contributed by atoms with Crippen molar-refractivity contribution in [3.8, 4) is 5.75 Å². The van der Waals surface area contributed by atoms with E-state index in [4.69, 9.17) is 4.74 Å². The fourth-order valence-electron chi connectivity index (χ4n) is 1.71. The number of phenols is 1. The van der Waals surface area contributed by atoms with E-state index < -0.39 is 29.6 Å². The maximum Gasteiger partial charge on any atom is 0.408 e. The summed E-state index contributed by atoms with van der Waals surface area (Å²) in [7, 11) is 1.17. The quantitative estimate of drug-likeness (QED) is 0.557. The van der Waals surface area contributed by atoms with Crippen LogP contribution in [0.2, 0.25) is 0 Å². The van der Waals surface area contributed by atoms with Gasteiger partial charge < -0.3 is 25.2 Å². The first-order valence-corrected chi connectivity index (χ1v) is 7.27. The molecule has 132 valence electrons. The largest absolute Gasteiger partial charge is 0.506 e. The molecule has 1 rings (SSSR count). The van der Waals surface area contributed by atoms with Crippen molar-refractivity contribution in [2.24, 2.45) is 0 Å². The van der Waals surface area contributed by atoms with Crippen molar-refractivity contribution in [2.75, 3.05) is 12.4 Å². The van der Waals surface area contributed by atoms with Crippen LogP contribution in [0.15, 0.2) is 24.3 Å². The summed E-state index contributed by atoms with van der Waals surface area (Å²) >= 11 is 0. The number of methoxy groups -OCH3 is 1. The summed E-state index contributed by atoms with van der Waals surface area (Å²) in [5.41, 5.74) is -0.600. The normalized spacial score (nSPS) is 12.0. The van der Waals surface area contributed by atoms with E-state index in [0.717, 1.165) is 0 Å². The number of anilines is 1. The zero-order valence-corrected chi connectivity index (χ0v) is 14.1. The number of phenolic OH excluding ortho intramolecular Hbond substituents is 1. The predicted molar refractivity (Wildman–Crippen MR) is 86.5 cm³/mol. The number of esters is 1. The lowest BCUT2D eigenvalue weighted by molar-refractivity contribution is -0.142. The molecular weight excluding hydrogens is 316 g/mol. The van der Waals surface area contributed by atoms with Gasteiger partial charge in [0.05, 0.1) is 19.2 Å². The second-order valence-corrected chi connectivity index (χ2v) is 5.99. The van der Waals surface area contributed by atoms with E-state index in [-0.39, 0.29) is 17.9 Å². The molecule has 1 aromatic rings. The summed E-state index contributed by atoms with van der Waals surface area (Å²) in [6.07, 6.45) is -1.22. The van der Waals surface area contributed by atoms with Crippen molar-refractivity contribution >= 4 is 23.7 Å². The first-order valence-electron chi connectivity index (χ1n) is 7.27.